The number of carbonyl (C=O) groups excluding carboxylic acids is 1. The molecule has 6 heteroatoms. The quantitative estimate of drug-likeness (QED) is 0.339. The van der Waals surface area contributed by atoms with Crippen molar-refractivity contribution in [2.45, 2.75) is 12.6 Å². The lowest BCUT2D eigenvalue weighted by Crippen LogP contribution is -2.37. The van der Waals surface area contributed by atoms with Gasteiger partial charge < -0.3 is 21.7 Å². The second-order valence-electron chi connectivity index (χ2n) is 3.85. The normalized spacial score (nSPS) is 14.1. The van der Waals surface area contributed by atoms with Crippen molar-refractivity contribution in [2.24, 2.45) is 16.5 Å². The molecule has 0 aliphatic rings. The van der Waals surface area contributed by atoms with Crippen molar-refractivity contribution >= 4 is 17.8 Å². The summed E-state index contributed by atoms with van der Waals surface area (Å²) in [5.41, 5.74) is 8.92. The van der Waals surface area contributed by atoms with Gasteiger partial charge in [-0.15, -0.1) is 0 Å². The van der Waals surface area contributed by atoms with Crippen LogP contribution in [0.2, 0.25) is 0 Å². The van der Waals surface area contributed by atoms with Gasteiger partial charge in [0.1, 0.15) is 5.75 Å². The Balaban J connectivity index is 2.81. The van der Waals surface area contributed by atoms with Gasteiger partial charge in [0, 0.05) is 0 Å². The van der Waals surface area contributed by atoms with Crippen LogP contribution in [-0.4, -0.2) is 27.7 Å². The fraction of sp³-hybridized carbons (Fsp3) is 0.167. The number of phenolic OH excluding ortho intramolecular Hbond substituents is 1. The minimum atomic E-state index is -1.98. The van der Waals surface area contributed by atoms with Crippen LogP contribution in [0, 0.1) is 0 Å². The predicted molar refractivity (Wildman–Crippen MR) is 68.6 cm³/mol. The number of carbonyl (C=O) groups is 1. The third-order valence-electron chi connectivity index (χ3n) is 2.13. The van der Waals surface area contributed by atoms with E-state index >= 15 is 0 Å². The highest BCUT2D eigenvalue weighted by Crippen LogP contribution is 2.13. The molecular weight excluding hydrogens is 234 g/mol. The molecule has 0 aliphatic carbocycles. The molecule has 1 aromatic carbocycles. The van der Waals surface area contributed by atoms with E-state index in [4.69, 9.17) is 16.6 Å². The first-order chi connectivity index (χ1) is 8.31. The summed E-state index contributed by atoms with van der Waals surface area (Å²) in [6.45, 7) is 1.19. The summed E-state index contributed by atoms with van der Waals surface area (Å²) in [5, 5.41) is 18.8. The van der Waals surface area contributed by atoms with Crippen LogP contribution in [0.4, 0.5) is 0 Å². The largest absolute Gasteiger partial charge is 0.508 e. The molecule has 0 saturated carbocycles. The number of nitrogens with two attached hydrogens (primary N) is 2. The second kappa shape index (κ2) is 5.33. The number of aliphatic imine (C=N–C) groups is 1. The molecule has 1 unspecified atom stereocenters. The van der Waals surface area contributed by atoms with Gasteiger partial charge in [-0.2, -0.15) is 0 Å². The van der Waals surface area contributed by atoms with Crippen molar-refractivity contribution < 1.29 is 15.0 Å². The van der Waals surface area contributed by atoms with E-state index in [9.17, 15) is 9.90 Å². The van der Waals surface area contributed by atoms with E-state index in [1.54, 1.807) is 12.1 Å². The number of nitrogens with zero attached hydrogens (tertiary/aromatic N) is 1. The van der Waals surface area contributed by atoms with Crippen molar-refractivity contribution in [3.63, 3.8) is 0 Å². The average molecular weight is 249 g/mol. The Morgan fingerprint density at radius 3 is 2.39 bits per heavy atom. The van der Waals surface area contributed by atoms with E-state index in [1.165, 1.54) is 31.2 Å². The van der Waals surface area contributed by atoms with Crippen LogP contribution in [0.1, 0.15) is 12.5 Å². The third kappa shape index (κ3) is 3.91. The zero-order valence-electron chi connectivity index (χ0n) is 9.87. The molecule has 1 aromatic rings. The summed E-state index contributed by atoms with van der Waals surface area (Å²) in [6, 6.07) is 6.21. The fourth-order valence-electron chi connectivity index (χ4n) is 1.22. The number of hydrogen-bond acceptors (Lipinski definition) is 4. The van der Waals surface area contributed by atoms with Gasteiger partial charge in [-0.05, 0) is 30.7 Å². The predicted octanol–water partition coefficient (Wildman–Crippen LogP) is -0.0436. The second-order valence-corrected chi connectivity index (χ2v) is 3.85. The van der Waals surface area contributed by atoms with Gasteiger partial charge in [-0.1, -0.05) is 18.2 Å². The third-order valence-corrected chi connectivity index (χ3v) is 2.13. The van der Waals surface area contributed by atoms with Gasteiger partial charge >= 0.3 is 0 Å². The molecule has 0 aliphatic heterocycles. The molecule has 6 nitrogen and oxygen atoms in total. The molecule has 18 heavy (non-hydrogen) atoms. The number of aliphatic hydroxyl groups is 1. The molecular formula is C12H15N3O3. The van der Waals surface area contributed by atoms with E-state index in [0.717, 1.165) is 0 Å². The first-order valence-corrected chi connectivity index (χ1v) is 5.16. The van der Waals surface area contributed by atoms with Gasteiger partial charge in [-0.3, -0.25) is 4.79 Å². The Labute approximate surface area is 104 Å². The van der Waals surface area contributed by atoms with Crippen LogP contribution in [0.25, 0.3) is 6.08 Å². The van der Waals surface area contributed by atoms with Crippen LogP contribution >= 0.6 is 0 Å². The van der Waals surface area contributed by atoms with E-state index in [-0.39, 0.29) is 11.7 Å². The minimum Gasteiger partial charge on any atom is -0.508 e. The Bertz CT molecular complexity index is 486. The lowest BCUT2D eigenvalue weighted by Gasteiger charge is -2.14. The number of guanidine groups is 1. The molecule has 1 rings (SSSR count). The highest BCUT2D eigenvalue weighted by molar-refractivity contribution is 6.00. The molecule has 96 valence electrons. The highest BCUT2D eigenvalue weighted by atomic mass is 16.3. The highest BCUT2D eigenvalue weighted by Gasteiger charge is 2.27. The Morgan fingerprint density at radius 2 is 1.89 bits per heavy atom. The van der Waals surface area contributed by atoms with Crippen molar-refractivity contribution in [1.82, 2.24) is 0 Å². The Hall–Kier alpha value is -2.34. The maximum absolute atomic E-state index is 11.6. The van der Waals surface area contributed by atoms with Gasteiger partial charge in [0.05, 0.1) is 0 Å². The maximum atomic E-state index is 11.6. The zero-order valence-corrected chi connectivity index (χ0v) is 9.87. The first-order valence-electron chi connectivity index (χ1n) is 5.16. The first kappa shape index (κ1) is 13.7. The molecule has 0 spiro atoms. The lowest BCUT2D eigenvalue weighted by atomic mass is 10.1. The van der Waals surface area contributed by atoms with E-state index in [2.05, 4.69) is 4.99 Å². The van der Waals surface area contributed by atoms with Gasteiger partial charge in [0.2, 0.25) is 11.5 Å². The van der Waals surface area contributed by atoms with Crippen LogP contribution in [0.5, 0.6) is 5.75 Å². The van der Waals surface area contributed by atoms with E-state index in [1.807, 2.05) is 0 Å². The number of phenols is 1. The molecule has 0 fully saturated rings. The van der Waals surface area contributed by atoms with Crippen LogP contribution in [0.15, 0.2) is 35.3 Å². The Kier molecular flexibility index (Phi) is 4.06. The van der Waals surface area contributed by atoms with Crippen molar-refractivity contribution in [3.8, 4) is 5.75 Å². The summed E-state index contributed by atoms with van der Waals surface area (Å²) in [6.07, 6.45) is 2.65. The van der Waals surface area contributed by atoms with Crippen molar-refractivity contribution in [1.29, 1.82) is 0 Å². The fourth-order valence-corrected chi connectivity index (χ4v) is 1.22. The summed E-state index contributed by atoms with van der Waals surface area (Å²) in [7, 11) is 0. The lowest BCUT2D eigenvalue weighted by molar-refractivity contribution is -0.129. The summed E-state index contributed by atoms with van der Waals surface area (Å²) >= 11 is 0. The number of ketones is 1. The van der Waals surface area contributed by atoms with Gasteiger partial charge in [0.15, 0.2) is 5.96 Å². The van der Waals surface area contributed by atoms with Crippen molar-refractivity contribution in [2.75, 3.05) is 0 Å². The summed E-state index contributed by atoms with van der Waals surface area (Å²) in [4.78, 5) is 15.1. The van der Waals surface area contributed by atoms with Gasteiger partial charge in [0.25, 0.3) is 0 Å². The van der Waals surface area contributed by atoms with Crippen molar-refractivity contribution in [3.05, 3.63) is 35.9 Å². The molecule has 0 radical (unpaired) electrons. The minimum absolute atomic E-state index is 0.131. The van der Waals surface area contributed by atoms with Gasteiger partial charge in [-0.25, -0.2) is 4.99 Å². The van der Waals surface area contributed by atoms with E-state index in [0.29, 0.717) is 5.56 Å². The number of benzene rings is 1. The molecule has 0 amide bonds. The standard InChI is InChI=1S/C12H15N3O3/c1-12(18,15-11(13)14)10(17)7-4-8-2-5-9(16)6-3-8/h2-7,16,18H,1H3,(H4,13,14,15)/b7-4+. The number of rotatable bonds is 4. The van der Waals surface area contributed by atoms with Crippen LogP contribution in [-0.2, 0) is 4.79 Å². The number of aromatic hydroxyl groups is 1. The molecule has 6 N–H and O–H groups in total. The summed E-state index contributed by atoms with van der Waals surface area (Å²) < 4.78 is 0. The Morgan fingerprint density at radius 1 is 1.33 bits per heavy atom. The molecule has 0 aromatic heterocycles. The zero-order chi connectivity index (χ0) is 13.8. The topological polar surface area (TPSA) is 122 Å². The smallest absolute Gasteiger partial charge is 0.220 e. The van der Waals surface area contributed by atoms with E-state index < -0.39 is 11.5 Å². The maximum Gasteiger partial charge on any atom is 0.220 e. The number of hydrogen-bond donors (Lipinski definition) is 4. The molecule has 0 bridgehead atoms. The summed E-state index contributed by atoms with van der Waals surface area (Å²) in [5.74, 6) is -0.888. The SMILES string of the molecule is CC(O)(N=C(N)N)C(=O)/C=C/c1ccc(O)cc1. The molecule has 0 saturated heterocycles. The molecule has 1 atom stereocenters. The monoisotopic (exact) mass is 249 g/mol. The average Bonchev–Trinajstić information content (AvgIpc) is 2.26. The van der Waals surface area contributed by atoms with Crippen LogP contribution < -0.4 is 11.5 Å². The molecule has 0 heterocycles. The van der Waals surface area contributed by atoms with Crippen LogP contribution in [0.3, 0.4) is 0 Å².